The smallest absolute Gasteiger partial charge is 0.261 e. The van der Waals surface area contributed by atoms with Crippen LogP contribution in [0.3, 0.4) is 0 Å². The van der Waals surface area contributed by atoms with Gasteiger partial charge >= 0.3 is 0 Å². The van der Waals surface area contributed by atoms with E-state index in [1.54, 1.807) is 18.2 Å². The molecule has 0 bridgehead atoms. The lowest BCUT2D eigenvalue weighted by Crippen LogP contribution is -2.16. The molecule has 4 rings (SSSR count). The Morgan fingerprint density at radius 2 is 1.90 bits per heavy atom. The predicted octanol–water partition coefficient (Wildman–Crippen LogP) is 4.21. The van der Waals surface area contributed by atoms with Gasteiger partial charge in [0.1, 0.15) is 21.6 Å². The van der Waals surface area contributed by atoms with Crippen molar-refractivity contribution in [3.8, 4) is 11.8 Å². The Labute approximate surface area is 174 Å². The van der Waals surface area contributed by atoms with Gasteiger partial charge in [-0.3, -0.25) is 14.2 Å². The van der Waals surface area contributed by atoms with Crippen LogP contribution < -0.4 is 16.6 Å². The lowest BCUT2D eigenvalue weighted by Gasteiger charge is -2.11. The van der Waals surface area contributed by atoms with Gasteiger partial charge < -0.3 is 11.1 Å². The number of carbonyl (C=O) groups excluding carboxylic acids is 1. The summed E-state index contributed by atoms with van der Waals surface area (Å²) in [5, 5.41) is 13.3. The first-order valence-corrected chi connectivity index (χ1v) is 9.73. The zero-order valence-electron chi connectivity index (χ0n) is 15.8. The van der Waals surface area contributed by atoms with Crippen molar-refractivity contribution < 1.29 is 9.18 Å². The van der Waals surface area contributed by atoms with E-state index in [-0.39, 0.29) is 10.4 Å². The van der Waals surface area contributed by atoms with Gasteiger partial charge in [0.25, 0.3) is 11.5 Å². The molecule has 3 N–H and O–H groups in total. The molecule has 0 unspecified atom stereocenters. The number of halogens is 1. The van der Waals surface area contributed by atoms with Crippen LogP contribution in [0.4, 0.5) is 15.8 Å². The average molecular weight is 418 g/mol. The van der Waals surface area contributed by atoms with Crippen molar-refractivity contribution in [2.75, 3.05) is 5.32 Å². The number of aromatic nitrogens is 1. The van der Waals surface area contributed by atoms with Gasteiger partial charge in [-0.25, -0.2) is 4.39 Å². The van der Waals surface area contributed by atoms with E-state index in [1.165, 1.54) is 34.9 Å². The van der Waals surface area contributed by atoms with Crippen molar-refractivity contribution in [2.45, 2.75) is 6.92 Å². The number of nitrogens with two attached hydrogens (primary N) is 1. The molecular formula is C22H15FN4O2S. The first-order chi connectivity index (χ1) is 14.4. The second kappa shape index (κ2) is 7.46. The number of nitriles is 1. The molecule has 8 heteroatoms. The molecule has 0 fully saturated rings. The van der Waals surface area contributed by atoms with Crippen molar-refractivity contribution in [2.24, 2.45) is 5.73 Å². The average Bonchev–Trinajstić information content (AvgIpc) is 3.08. The molecule has 0 aliphatic carbocycles. The van der Waals surface area contributed by atoms with E-state index >= 15 is 0 Å². The van der Waals surface area contributed by atoms with E-state index in [4.69, 9.17) is 5.73 Å². The van der Waals surface area contributed by atoms with Crippen LogP contribution in [-0.2, 0) is 0 Å². The van der Waals surface area contributed by atoms with Crippen molar-refractivity contribution in [1.29, 1.82) is 5.26 Å². The van der Waals surface area contributed by atoms with Crippen molar-refractivity contribution in [3.63, 3.8) is 0 Å². The van der Waals surface area contributed by atoms with Gasteiger partial charge in [-0.15, -0.1) is 11.3 Å². The Balaban J connectivity index is 1.98. The largest absolute Gasteiger partial charge is 0.365 e. The second-order valence-electron chi connectivity index (χ2n) is 6.61. The fourth-order valence-corrected chi connectivity index (χ4v) is 4.39. The molecular weight excluding hydrogens is 403 g/mol. The first-order valence-electron chi connectivity index (χ1n) is 8.91. The number of primary amides is 1. The lowest BCUT2D eigenvalue weighted by molar-refractivity contribution is 0.100. The summed E-state index contributed by atoms with van der Waals surface area (Å²) in [6.45, 7) is 1.82. The Bertz CT molecular complexity index is 1400. The Hall–Kier alpha value is -3.96. The van der Waals surface area contributed by atoms with Crippen LogP contribution in [0.1, 0.15) is 20.8 Å². The molecule has 2 aromatic heterocycles. The highest BCUT2D eigenvalue weighted by atomic mass is 32.1. The number of anilines is 2. The van der Waals surface area contributed by atoms with E-state index in [9.17, 15) is 19.2 Å². The maximum absolute atomic E-state index is 13.4. The fraction of sp³-hybridized carbons (Fsp3) is 0.0455. The minimum Gasteiger partial charge on any atom is -0.365 e. The highest BCUT2D eigenvalue weighted by molar-refractivity contribution is 7.21. The van der Waals surface area contributed by atoms with Gasteiger partial charge in [0, 0.05) is 11.5 Å². The van der Waals surface area contributed by atoms with Gasteiger partial charge in [0.15, 0.2) is 0 Å². The van der Waals surface area contributed by atoms with Gasteiger partial charge in [-0.05, 0) is 48.9 Å². The number of nitrogens with zero attached hydrogens (tertiary/aromatic N) is 2. The molecule has 30 heavy (non-hydrogen) atoms. The molecule has 0 aliphatic rings. The predicted molar refractivity (Wildman–Crippen MR) is 115 cm³/mol. The normalized spacial score (nSPS) is 10.7. The standard InChI is InChI=1S/C22H15FN4O2S/c1-12-3-2-4-17(16(12)11-24)26-19-15-9-10-18(28)27(14-7-5-13(23)6-8-14)22(15)30-20(19)21(25)29/h2-10,26H,1H3,(H2,25,29). The summed E-state index contributed by atoms with van der Waals surface area (Å²) in [4.78, 5) is 25.5. The van der Waals surface area contributed by atoms with Gasteiger partial charge in [0.2, 0.25) is 0 Å². The number of thiophene rings is 1. The summed E-state index contributed by atoms with van der Waals surface area (Å²) in [5.41, 5.74) is 7.91. The number of carbonyl (C=O) groups is 1. The molecule has 2 heterocycles. The molecule has 4 aromatic rings. The zero-order valence-corrected chi connectivity index (χ0v) is 16.6. The van der Waals surface area contributed by atoms with Crippen molar-refractivity contribution in [1.82, 2.24) is 4.57 Å². The monoisotopic (exact) mass is 418 g/mol. The highest BCUT2D eigenvalue weighted by Gasteiger charge is 2.21. The highest BCUT2D eigenvalue weighted by Crippen LogP contribution is 2.38. The van der Waals surface area contributed by atoms with Crippen LogP contribution in [0.5, 0.6) is 0 Å². The topological polar surface area (TPSA) is 101 Å². The van der Waals surface area contributed by atoms with Crippen LogP contribution in [0.15, 0.2) is 59.4 Å². The number of aryl methyl sites for hydroxylation is 1. The molecule has 2 aromatic carbocycles. The van der Waals surface area contributed by atoms with Crippen molar-refractivity contribution >= 4 is 38.8 Å². The van der Waals surface area contributed by atoms with E-state index < -0.39 is 11.7 Å². The molecule has 0 radical (unpaired) electrons. The maximum atomic E-state index is 13.4. The summed E-state index contributed by atoms with van der Waals surface area (Å²) in [6, 6.07) is 16.0. The number of hydrogen-bond donors (Lipinski definition) is 2. The van der Waals surface area contributed by atoms with Crippen LogP contribution >= 0.6 is 11.3 Å². The van der Waals surface area contributed by atoms with Gasteiger partial charge in [0.05, 0.1) is 22.6 Å². The summed E-state index contributed by atoms with van der Waals surface area (Å²) in [6.07, 6.45) is 0. The third-order valence-electron chi connectivity index (χ3n) is 4.69. The fourth-order valence-electron chi connectivity index (χ4n) is 3.27. The van der Waals surface area contributed by atoms with E-state index in [2.05, 4.69) is 11.4 Å². The number of rotatable bonds is 4. The number of benzene rings is 2. The first kappa shape index (κ1) is 19.4. The zero-order chi connectivity index (χ0) is 21.4. The summed E-state index contributed by atoms with van der Waals surface area (Å²) in [5.74, 6) is -1.09. The molecule has 0 saturated carbocycles. The summed E-state index contributed by atoms with van der Waals surface area (Å²) in [7, 11) is 0. The second-order valence-corrected chi connectivity index (χ2v) is 7.61. The summed E-state index contributed by atoms with van der Waals surface area (Å²) >= 11 is 1.06. The number of pyridine rings is 1. The molecule has 1 amide bonds. The quantitative estimate of drug-likeness (QED) is 0.518. The minimum atomic E-state index is -0.664. The Morgan fingerprint density at radius 3 is 2.57 bits per heavy atom. The maximum Gasteiger partial charge on any atom is 0.261 e. The number of hydrogen-bond acceptors (Lipinski definition) is 5. The molecule has 0 aliphatic heterocycles. The van der Waals surface area contributed by atoms with Gasteiger partial charge in [-0.1, -0.05) is 12.1 Å². The lowest BCUT2D eigenvalue weighted by atomic mass is 10.1. The molecule has 148 valence electrons. The number of fused-ring (bicyclic) bond motifs is 1. The van der Waals surface area contributed by atoms with Crippen LogP contribution in [-0.4, -0.2) is 10.5 Å². The van der Waals surface area contributed by atoms with E-state index in [0.717, 1.165) is 16.9 Å². The molecule has 0 saturated heterocycles. The molecule has 0 spiro atoms. The van der Waals surface area contributed by atoms with Crippen LogP contribution in [0, 0.1) is 24.1 Å². The Kier molecular flexibility index (Phi) is 4.82. The van der Waals surface area contributed by atoms with Crippen LogP contribution in [0.25, 0.3) is 15.9 Å². The summed E-state index contributed by atoms with van der Waals surface area (Å²) < 4.78 is 14.8. The molecule has 6 nitrogen and oxygen atoms in total. The minimum absolute atomic E-state index is 0.219. The van der Waals surface area contributed by atoms with Gasteiger partial charge in [-0.2, -0.15) is 5.26 Å². The number of amides is 1. The Morgan fingerprint density at radius 1 is 1.17 bits per heavy atom. The van der Waals surface area contributed by atoms with Crippen LogP contribution in [0.2, 0.25) is 0 Å². The van der Waals surface area contributed by atoms with E-state index in [0.29, 0.717) is 32.8 Å². The van der Waals surface area contributed by atoms with Crippen molar-refractivity contribution in [3.05, 3.63) is 86.8 Å². The third-order valence-corrected chi connectivity index (χ3v) is 5.90. The third kappa shape index (κ3) is 3.21. The molecule has 0 atom stereocenters. The van der Waals surface area contributed by atoms with E-state index in [1.807, 2.05) is 13.0 Å². The SMILES string of the molecule is Cc1cccc(Nc2c(C(N)=O)sc3c2ccc(=O)n3-c2ccc(F)cc2)c1C#N. The number of nitrogens with one attached hydrogen (secondary N) is 1.